The Labute approximate surface area is 125 Å². The molecule has 0 saturated heterocycles. The number of aryl methyl sites for hydroxylation is 1. The molecule has 3 nitrogen and oxygen atoms in total. The Morgan fingerprint density at radius 3 is 2.85 bits per heavy atom. The van der Waals surface area contributed by atoms with Gasteiger partial charge in [-0.3, -0.25) is 9.67 Å². The van der Waals surface area contributed by atoms with E-state index >= 15 is 0 Å². The predicted molar refractivity (Wildman–Crippen MR) is 84.3 cm³/mol. The van der Waals surface area contributed by atoms with Crippen molar-refractivity contribution in [1.82, 2.24) is 14.8 Å². The van der Waals surface area contributed by atoms with E-state index in [9.17, 15) is 0 Å². The van der Waals surface area contributed by atoms with Gasteiger partial charge in [0, 0.05) is 11.6 Å². The van der Waals surface area contributed by atoms with E-state index < -0.39 is 0 Å². The second kappa shape index (κ2) is 5.52. The van der Waals surface area contributed by atoms with Crippen molar-refractivity contribution >= 4 is 12.2 Å². The Morgan fingerprint density at radius 2 is 2.10 bits per heavy atom. The lowest BCUT2D eigenvalue weighted by molar-refractivity contribution is 0.257. The second-order valence-electron chi connectivity index (χ2n) is 5.92. The number of hydrogen-bond acceptors (Lipinski definition) is 2. The number of aromatic amines is 1. The molecule has 20 heavy (non-hydrogen) atoms. The molecule has 1 aromatic carbocycles. The normalized spacial score (nSPS) is 22.9. The summed E-state index contributed by atoms with van der Waals surface area (Å²) < 4.78 is 2.99. The van der Waals surface area contributed by atoms with Crippen LogP contribution in [0.4, 0.5) is 0 Å². The van der Waals surface area contributed by atoms with Crippen molar-refractivity contribution in [2.24, 2.45) is 5.92 Å². The third kappa shape index (κ3) is 2.44. The minimum atomic E-state index is 0.477. The average molecular weight is 287 g/mol. The fourth-order valence-corrected chi connectivity index (χ4v) is 3.55. The van der Waals surface area contributed by atoms with Gasteiger partial charge in [-0.15, -0.1) is 0 Å². The SMILES string of the molecule is Cc1cccc(-c2n[nH]c(=S)n2[C@@H]2CCCC[C@@H]2C)c1. The number of benzene rings is 1. The van der Waals surface area contributed by atoms with Gasteiger partial charge in [-0.25, -0.2) is 0 Å². The maximum absolute atomic E-state index is 5.48. The van der Waals surface area contributed by atoms with Gasteiger partial charge >= 0.3 is 0 Å². The summed E-state index contributed by atoms with van der Waals surface area (Å²) in [5.74, 6) is 1.65. The molecular weight excluding hydrogens is 266 g/mol. The zero-order valence-electron chi connectivity index (χ0n) is 12.1. The Hall–Kier alpha value is -1.42. The van der Waals surface area contributed by atoms with Gasteiger partial charge in [0.05, 0.1) is 0 Å². The Bertz CT molecular complexity index is 656. The van der Waals surface area contributed by atoms with Crippen LogP contribution in [-0.2, 0) is 0 Å². The van der Waals surface area contributed by atoms with Crippen LogP contribution in [0.25, 0.3) is 11.4 Å². The molecule has 0 unspecified atom stereocenters. The van der Waals surface area contributed by atoms with Crippen molar-refractivity contribution in [3.8, 4) is 11.4 Å². The molecule has 0 radical (unpaired) electrons. The van der Waals surface area contributed by atoms with Crippen molar-refractivity contribution < 1.29 is 0 Å². The fraction of sp³-hybridized carbons (Fsp3) is 0.500. The molecule has 2 aromatic rings. The maximum atomic E-state index is 5.48. The van der Waals surface area contributed by atoms with Crippen LogP contribution in [-0.4, -0.2) is 14.8 Å². The van der Waals surface area contributed by atoms with Gasteiger partial charge in [0.15, 0.2) is 10.6 Å². The monoisotopic (exact) mass is 287 g/mol. The number of rotatable bonds is 2. The maximum Gasteiger partial charge on any atom is 0.195 e. The highest BCUT2D eigenvalue weighted by atomic mass is 32.1. The minimum absolute atomic E-state index is 0.477. The summed E-state index contributed by atoms with van der Waals surface area (Å²) in [4.78, 5) is 0. The number of H-pyrrole nitrogens is 1. The highest BCUT2D eigenvalue weighted by Crippen LogP contribution is 2.36. The molecule has 0 spiro atoms. The number of aromatic nitrogens is 3. The first kappa shape index (κ1) is 13.6. The summed E-state index contributed by atoms with van der Waals surface area (Å²) >= 11 is 5.48. The Morgan fingerprint density at radius 1 is 1.30 bits per heavy atom. The van der Waals surface area contributed by atoms with Crippen molar-refractivity contribution in [3.63, 3.8) is 0 Å². The quantitative estimate of drug-likeness (QED) is 0.814. The van der Waals surface area contributed by atoms with Crippen LogP contribution in [0.2, 0.25) is 0 Å². The molecule has 0 amide bonds. The molecule has 106 valence electrons. The van der Waals surface area contributed by atoms with Gasteiger partial charge in [-0.2, -0.15) is 5.10 Å². The zero-order chi connectivity index (χ0) is 14.1. The van der Waals surface area contributed by atoms with Gasteiger partial charge in [0.25, 0.3) is 0 Å². The van der Waals surface area contributed by atoms with Crippen LogP contribution in [0, 0.1) is 17.6 Å². The summed E-state index contributed by atoms with van der Waals surface area (Å²) in [5, 5.41) is 7.47. The summed E-state index contributed by atoms with van der Waals surface area (Å²) in [5.41, 5.74) is 2.40. The van der Waals surface area contributed by atoms with Crippen molar-refractivity contribution in [1.29, 1.82) is 0 Å². The van der Waals surface area contributed by atoms with E-state index in [1.807, 2.05) is 0 Å². The van der Waals surface area contributed by atoms with Gasteiger partial charge in [-0.05, 0) is 44.0 Å². The summed E-state index contributed by atoms with van der Waals surface area (Å²) in [6.07, 6.45) is 5.11. The van der Waals surface area contributed by atoms with Crippen molar-refractivity contribution in [3.05, 3.63) is 34.6 Å². The molecule has 1 saturated carbocycles. The molecule has 3 rings (SSSR count). The molecule has 1 aliphatic rings. The van der Waals surface area contributed by atoms with Gasteiger partial charge in [-0.1, -0.05) is 43.5 Å². The number of nitrogens with zero attached hydrogens (tertiary/aromatic N) is 2. The third-order valence-electron chi connectivity index (χ3n) is 4.38. The Kier molecular flexibility index (Phi) is 3.74. The largest absolute Gasteiger partial charge is 0.297 e. The van der Waals surface area contributed by atoms with Crippen LogP contribution in [0.3, 0.4) is 0 Å². The molecule has 1 aliphatic carbocycles. The first-order valence-corrected chi connectivity index (χ1v) is 7.81. The van der Waals surface area contributed by atoms with Crippen LogP contribution >= 0.6 is 12.2 Å². The molecule has 1 aromatic heterocycles. The second-order valence-corrected chi connectivity index (χ2v) is 6.31. The van der Waals surface area contributed by atoms with Crippen molar-refractivity contribution in [2.45, 2.75) is 45.6 Å². The Balaban J connectivity index is 2.07. The summed E-state index contributed by atoms with van der Waals surface area (Å²) in [6, 6.07) is 8.96. The molecule has 0 aliphatic heterocycles. The van der Waals surface area contributed by atoms with E-state index in [0.29, 0.717) is 12.0 Å². The highest BCUT2D eigenvalue weighted by Gasteiger charge is 2.26. The van der Waals surface area contributed by atoms with Crippen LogP contribution in [0.5, 0.6) is 0 Å². The van der Waals surface area contributed by atoms with E-state index in [1.54, 1.807) is 0 Å². The molecule has 1 heterocycles. The zero-order valence-corrected chi connectivity index (χ0v) is 12.9. The molecule has 2 atom stereocenters. The van der Waals surface area contributed by atoms with E-state index in [-0.39, 0.29) is 0 Å². The fourth-order valence-electron chi connectivity index (χ4n) is 3.28. The van der Waals surface area contributed by atoms with Gasteiger partial charge in [0.2, 0.25) is 0 Å². The average Bonchev–Trinajstić information content (AvgIpc) is 2.81. The first-order valence-electron chi connectivity index (χ1n) is 7.41. The number of hydrogen-bond donors (Lipinski definition) is 1. The lowest BCUT2D eigenvalue weighted by Crippen LogP contribution is -2.22. The molecule has 1 fully saturated rings. The van der Waals surface area contributed by atoms with Crippen LogP contribution in [0.1, 0.15) is 44.2 Å². The van der Waals surface area contributed by atoms with E-state index in [4.69, 9.17) is 12.2 Å². The third-order valence-corrected chi connectivity index (χ3v) is 4.67. The highest BCUT2D eigenvalue weighted by molar-refractivity contribution is 7.71. The van der Waals surface area contributed by atoms with Crippen LogP contribution < -0.4 is 0 Å². The van der Waals surface area contributed by atoms with E-state index in [1.165, 1.54) is 31.2 Å². The van der Waals surface area contributed by atoms with Crippen molar-refractivity contribution in [2.75, 3.05) is 0 Å². The first-order chi connectivity index (χ1) is 9.66. The van der Waals surface area contributed by atoms with Gasteiger partial charge < -0.3 is 0 Å². The smallest absolute Gasteiger partial charge is 0.195 e. The molecular formula is C16H21N3S. The molecule has 1 N–H and O–H groups in total. The summed E-state index contributed by atoms with van der Waals surface area (Å²) in [7, 11) is 0. The molecule has 0 bridgehead atoms. The lowest BCUT2D eigenvalue weighted by Gasteiger charge is -2.30. The summed E-state index contributed by atoms with van der Waals surface area (Å²) in [6.45, 7) is 4.44. The standard InChI is InChI=1S/C16H21N3S/c1-11-6-5-8-13(10-11)15-17-18-16(20)19(15)14-9-4-3-7-12(14)2/h5-6,8,10,12,14H,3-4,7,9H2,1-2H3,(H,18,20)/t12-,14+/m0/s1. The lowest BCUT2D eigenvalue weighted by atomic mass is 9.85. The minimum Gasteiger partial charge on any atom is -0.297 e. The van der Waals surface area contributed by atoms with Gasteiger partial charge in [0.1, 0.15) is 0 Å². The van der Waals surface area contributed by atoms with E-state index in [0.717, 1.165) is 16.2 Å². The van der Waals surface area contributed by atoms with Crippen LogP contribution in [0.15, 0.2) is 24.3 Å². The predicted octanol–water partition coefficient (Wildman–Crippen LogP) is 4.67. The molecule has 4 heteroatoms. The number of nitrogens with one attached hydrogen (secondary N) is 1. The topological polar surface area (TPSA) is 33.6 Å². The van der Waals surface area contributed by atoms with E-state index in [2.05, 4.69) is 52.9 Å².